The summed E-state index contributed by atoms with van der Waals surface area (Å²) in [6.07, 6.45) is 6.83. The number of halogens is 1. The minimum atomic E-state index is -0.275. The Morgan fingerprint density at radius 3 is 2.84 bits per heavy atom. The molecule has 2 unspecified atom stereocenters. The second-order valence-corrected chi connectivity index (χ2v) is 10.7. The molecule has 3 aliphatic heterocycles. The van der Waals surface area contributed by atoms with E-state index in [0.717, 1.165) is 64.4 Å². The van der Waals surface area contributed by atoms with Crippen molar-refractivity contribution in [2.75, 3.05) is 58.2 Å². The molecule has 3 atom stereocenters. The summed E-state index contributed by atoms with van der Waals surface area (Å²) in [6, 6.07) is 3.83. The van der Waals surface area contributed by atoms with Gasteiger partial charge in [-0.2, -0.15) is 0 Å². The largest absolute Gasteiger partial charge is 0.493 e. The number of carbonyl (C=O) groups excluding carboxylic acids is 2. The minimum absolute atomic E-state index is 0.0573. The van der Waals surface area contributed by atoms with Crippen LogP contribution in [-0.4, -0.2) is 92.4 Å². The van der Waals surface area contributed by atoms with Crippen molar-refractivity contribution in [2.24, 2.45) is 0 Å². The van der Waals surface area contributed by atoms with E-state index in [2.05, 4.69) is 15.1 Å². The second-order valence-electron chi connectivity index (χ2n) is 10.2. The summed E-state index contributed by atoms with van der Waals surface area (Å²) in [4.78, 5) is 29.9. The number of nitrogen functional groups attached to an aromatic ring is 1. The van der Waals surface area contributed by atoms with Gasteiger partial charge in [-0.1, -0.05) is 11.6 Å². The van der Waals surface area contributed by atoms with E-state index >= 15 is 0 Å². The number of fused-ring (bicyclic) bond motifs is 1. The molecule has 10 heteroatoms. The Labute approximate surface area is 224 Å². The lowest BCUT2D eigenvalue weighted by Gasteiger charge is -2.40. The van der Waals surface area contributed by atoms with Gasteiger partial charge in [-0.05, 0) is 58.1 Å². The van der Waals surface area contributed by atoms with Crippen LogP contribution < -0.4 is 15.8 Å². The third-order valence-electron chi connectivity index (χ3n) is 7.53. The first-order valence-corrected chi connectivity index (χ1v) is 14.1. The standard InChI is InChI=1S/C27H41ClN4O5/c1-2-35-25-15-24(29)23(28)14-22(25)27(34)30-16-21-17-31(12-13-36-21)10-4-3-8-26(33)37-20-7-5-6-19-9-11-32(19)18-20/h14-15,19-21H,2-13,16-18,29H2,1H3,(H,30,34)/t19?,20-,21?/m1/s1. The molecule has 3 fully saturated rings. The van der Waals surface area contributed by atoms with Gasteiger partial charge in [0.2, 0.25) is 0 Å². The van der Waals surface area contributed by atoms with Gasteiger partial charge in [0.1, 0.15) is 11.9 Å². The Hall–Kier alpha value is -2.07. The molecule has 1 amide bonds. The van der Waals surface area contributed by atoms with Crippen LogP contribution in [0.2, 0.25) is 5.02 Å². The van der Waals surface area contributed by atoms with E-state index in [0.29, 0.717) is 48.2 Å². The van der Waals surface area contributed by atoms with Crippen LogP contribution in [0, 0.1) is 0 Å². The average molecular weight is 537 g/mol. The fourth-order valence-corrected chi connectivity index (χ4v) is 5.54. The number of amides is 1. The van der Waals surface area contributed by atoms with E-state index in [-0.39, 0.29) is 24.1 Å². The van der Waals surface area contributed by atoms with E-state index in [1.54, 1.807) is 6.07 Å². The molecule has 4 rings (SSSR count). The highest BCUT2D eigenvalue weighted by Crippen LogP contribution is 2.29. The average Bonchev–Trinajstić information content (AvgIpc) is 3.00. The molecule has 0 radical (unpaired) electrons. The number of nitrogens with zero attached hydrogens (tertiary/aromatic N) is 2. The fraction of sp³-hybridized carbons (Fsp3) is 0.704. The van der Waals surface area contributed by atoms with Crippen molar-refractivity contribution in [3.63, 3.8) is 0 Å². The van der Waals surface area contributed by atoms with Crippen LogP contribution in [0.1, 0.15) is 62.2 Å². The quantitative estimate of drug-likeness (QED) is 0.252. The summed E-state index contributed by atoms with van der Waals surface area (Å²) < 4.78 is 17.2. The Morgan fingerprint density at radius 1 is 1.19 bits per heavy atom. The number of nitrogens with two attached hydrogens (primary N) is 1. The van der Waals surface area contributed by atoms with E-state index in [1.165, 1.54) is 18.9 Å². The zero-order valence-corrected chi connectivity index (χ0v) is 22.6. The Kier molecular flexibility index (Phi) is 10.3. The third-order valence-corrected chi connectivity index (χ3v) is 7.85. The molecule has 3 aliphatic rings. The zero-order valence-electron chi connectivity index (χ0n) is 21.9. The lowest BCUT2D eigenvalue weighted by atomic mass is 10.00. The first-order chi connectivity index (χ1) is 17.9. The maximum Gasteiger partial charge on any atom is 0.306 e. The SMILES string of the molecule is CCOc1cc(N)c(Cl)cc1C(=O)NCC1CN(CCCCC(=O)O[C@@H]2CCCC3CCN3C2)CCO1. The highest BCUT2D eigenvalue weighted by Gasteiger charge is 2.33. The summed E-state index contributed by atoms with van der Waals surface area (Å²) >= 11 is 6.12. The summed E-state index contributed by atoms with van der Waals surface area (Å²) in [5.74, 6) is 0.0685. The fourth-order valence-electron chi connectivity index (χ4n) is 5.37. The van der Waals surface area contributed by atoms with Crippen molar-refractivity contribution in [3.05, 3.63) is 22.7 Å². The number of nitrogens with one attached hydrogen (secondary N) is 1. The topological polar surface area (TPSA) is 106 Å². The first-order valence-electron chi connectivity index (χ1n) is 13.7. The number of unbranched alkanes of at least 4 members (excludes halogenated alkanes) is 1. The molecule has 0 bridgehead atoms. The van der Waals surface area contributed by atoms with E-state index < -0.39 is 0 Å². The Morgan fingerprint density at radius 2 is 2.05 bits per heavy atom. The zero-order chi connectivity index (χ0) is 26.2. The van der Waals surface area contributed by atoms with Crippen molar-refractivity contribution < 1.29 is 23.8 Å². The van der Waals surface area contributed by atoms with Crippen molar-refractivity contribution in [1.82, 2.24) is 15.1 Å². The van der Waals surface area contributed by atoms with Crippen LogP contribution in [0.5, 0.6) is 5.75 Å². The number of ether oxygens (including phenoxy) is 3. The van der Waals surface area contributed by atoms with Crippen LogP contribution in [-0.2, 0) is 14.3 Å². The molecule has 3 saturated heterocycles. The van der Waals surface area contributed by atoms with E-state index in [1.807, 2.05) is 6.92 Å². The van der Waals surface area contributed by atoms with Crippen molar-refractivity contribution in [1.29, 1.82) is 0 Å². The van der Waals surface area contributed by atoms with Gasteiger partial charge in [0.25, 0.3) is 5.91 Å². The monoisotopic (exact) mass is 536 g/mol. The number of rotatable bonds is 11. The Bertz CT molecular complexity index is 932. The van der Waals surface area contributed by atoms with Gasteiger partial charge in [0, 0.05) is 51.3 Å². The number of anilines is 1. The van der Waals surface area contributed by atoms with Crippen LogP contribution in [0.3, 0.4) is 0 Å². The van der Waals surface area contributed by atoms with Crippen LogP contribution >= 0.6 is 11.6 Å². The van der Waals surface area contributed by atoms with Gasteiger partial charge >= 0.3 is 5.97 Å². The lowest BCUT2D eigenvalue weighted by molar-refractivity contribution is -0.150. The molecule has 9 nitrogen and oxygen atoms in total. The molecular weight excluding hydrogens is 496 g/mol. The number of hydrogen-bond donors (Lipinski definition) is 2. The number of esters is 1. The lowest BCUT2D eigenvalue weighted by Crippen LogP contribution is -2.49. The first kappa shape index (κ1) is 28.0. The second kappa shape index (κ2) is 13.6. The summed E-state index contributed by atoms with van der Waals surface area (Å²) in [7, 11) is 0. The summed E-state index contributed by atoms with van der Waals surface area (Å²) in [5.41, 5.74) is 6.58. The van der Waals surface area contributed by atoms with Crippen LogP contribution in [0.15, 0.2) is 12.1 Å². The molecule has 206 valence electrons. The smallest absolute Gasteiger partial charge is 0.306 e. The number of morpholine rings is 1. The molecule has 0 spiro atoms. The van der Waals surface area contributed by atoms with Crippen LogP contribution in [0.4, 0.5) is 5.69 Å². The van der Waals surface area contributed by atoms with Gasteiger partial charge < -0.3 is 25.3 Å². The number of carbonyl (C=O) groups is 2. The van der Waals surface area contributed by atoms with Gasteiger partial charge in [0.05, 0.1) is 35.6 Å². The van der Waals surface area contributed by atoms with Crippen molar-refractivity contribution in [3.8, 4) is 5.75 Å². The molecule has 1 aromatic rings. The van der Waals surface area contributed by atoms with Gasteiger partial charge in [-0.3, -0.25) is 19.4 Å². The molecule has 1 aromatic carbocycles. The molecule has 0 saturated carbocycles. The molecule has 3 N–H and O–H groups in total. The van der Waals surface area contributed by atoms with Crippen LogP contribution in [0.25, 0.3) is 0 Å². The molecule has 3 heterocycles. The summed E-state index contributed by atoms with van der Waals surface area (Å²) in [5, 5.41) is 3.25. The number of benzene rings is 1. The predicted octanol–water partition coefficient (Wildman–Crippen LogP) is 3.09. The van der Waals surface area contributed by atoms with Crippen molar-refractivity contribution in [2.45, 2.75) is 70.1 Å². The molecule has 37 heavy (non-hydrogen) atoms. The van der Waals surface area contributed by atoms with E-state index in [4.69, 9.17) is 31.5 Å². The highest BCUT2D eigenvalue weighted by molar-refractivity contribution is 6.33. The molecule has 0 aliphatic carbocycles. The van der Waals surface area contributed by atoms with E-state index in [9.17, 15) is 9.59 Å². The van der Waals surface area contributed by atoms with Gasteiger partial charge in [0.15, 0.2) is 0 Å². The Balaban J connectivity index is 1.13. The van der Waals surface area contributed by atoms with Gasteiger partial charge in [-0.25, -0.2) is 0 Å². The third kappa shape index (κ3) is 7.96. The normalized spacial score (nSPS) is 24.4. The highest BCUT2D eigenvalue weighted by atomic mass is 35.5. The molecule has 0 aromatic heterocycles. The maximum absolute atomic E-state index is 12.8. The predicted molar refractivity (Wildman–Crippen MR) is 143 cm³/mol. The minimum Gasteiger partial charge on any atom is -0.493 e. The summed E-state index contributed by atoms with van der Waals surface area (Å²) in [6.45, 7) is 7.77. The maximum atomic E-state index is 12.8. The molecular formula is C27H41ClN4O5. The van der Waals surface area contributed by atoms with Crippen molar-refractivity contribution >= 4 is 29.2 Å². The van der Waals surface area contributed by atoms with Gasteiger partial charge in [-0.15, -0.1) is 0 Å². The number of hydrogen-bond acceptors (Lipinski definition) is 8.